The molecule has 0 atom stereocenters. The van der Waals surface area contributed by atoms with Crippen LogP contribution in [0.2, 0.25) is 0 Å². The summed E-state index contributed by atoms with van der Waals surface area (Å²) < 4.78 is 2.08. The van der Waals surface area contributed by atoms with E-state index in [0.717, 1.165) is 23.5 Å². The molecule has 2 aromatic heterocycles. The molecule has 3 rings (SSSR count). The Hall–Kier alpha value is -2.43. The van der Waals surface area contributed by atoms with E-state index >= 15 is 0 Å². The second-order valence-electron chi connectivity index (χ2n) is 4.62. The van der Waals surface area contributed by atoms with Gasteiger partial charge in [-0.1, -0.05) is 30.3 Å². The molecule has 0 aliphatic rings. The van der Waals surface area contributed by atoms with Gasteiger partial charge < -0.3 is 9.47 Å². The van der Waals surface area contributed by atoms with Crippen LogP contribution in [0.1, 0.15) is 5.56 Å². The first-order valence-electron chi connectivity index (χ1n) is 6.13. The second kappa shape index (κ2) is 4.68. The minimum absolute atomic E-state index is 0.731. The van der Waals surface area contributed by atoms with Gasteiger partial charge in [0.05, 0.1) is 6.33 Å². The van der Waals surface area contributed by atoms with Crippen LogP contribution in [0, 0.1) is 0 Å². The molecule has 0 amide bonds. The zero-order chi connectivity index (χ0) is 13.2. The highest BCUT2D eigenvalue weighted by atomic mass is 15.2. The smallest absolute Gasteiger partial charge is 0.182 e. The number of imidazole rings is 1. The van der Waals surface area contributed by atoms with Crippen molar-refractivity contribution in [2.24, 2.45) is 0 Å². The lowest BCUT2D eigenvalue weighted by molar-refractivity contribution is 0.820. The van der Waals surface area contributed by atoms with Crippen molar-refractivity contribution in [2.75, 3.05) is 19.0 Å². The van der Waals surface area contributed by atoms with Crippen LogP contribution in [0.15, 0.2) is 43.0 Å². The highest BCUT2D eigenvalue weighted by Gasteiger charge is 2.12. The summed E-state index contributed by atoms with van der Waals surface area (Å²) in [7, 11) is 3.95. The molecule has 0 aliphatic carbocycles. The number of hydrogen-bond donors (Lipinski definition) is 0. The van der Waals surface area contributed by atoms with Gasteiger partial charge >= 0.3 is 0 Å². The molecular weight excluding hydrogens is 238 g/mol. The molecule has 2 heterocycles. The van der Waals surface area contributed by atoms with E-state index in [0.29, 0.717) is 0 Å². The average molecular weight is 253 g/mol. The maximum atomic E-state index is 4.34. The molecule has 0 radical (unpaired) electrons. The van der Waals surface area contributed by atoms with Crippen LogP contribution in [0.3, 0.4) is 0 Å². The van der Waals surface area contributed by atoms with Crippen LogP contribution in [-0.4, -0.2) is 33.6 Å². The maximum absolute atomic E-state index is 4.34. The van der Waals surface area contributed by atoms with Crippen LogP contribution in [-0.2, 0) is 6.54 Å². The summed E-state index contributed by atoms with van der Waals surface area (Å²) in [5.41, 5.74) is 2.93. The lowest BCUT2D eigenvalue weighted by Crippen LogP contribution is -2.13. The summed E-state index contributed by atoms with van der Waals surface area (Å²) >= 11 is 0. The summed E-state index contributed by atoms with van der Waals surface area (Å²) in [5, 5.41) is 0. The Bertz CT molecular complexity index is 687. The standard InChI is InChI=1S/C14H15N5/c1-18(2)14-12-13(15-9-16-14)17-10-19(12)8-11-6-4-3-5-7-11/h3-7,9-10H,8H2,1-2H3. The fourth-order valence-electron chi connectivity index (χ4n) is 2.12. The highest BCUT2D eigenvalue weighted by molar-refractivity contribution is 5.83. The summed E-state index contributed by atoms with van der Waals surface area (Å²) in [6.07, 6.45) is 3.37. The Labute approximate surface area is 111 Å². The van der Waals surface area contributed by atoms with Crippen molar-refractivity contribution in [3.8, 4) is 0 Å². The van der Waals surface area contributed by atoms with Gasteiger partial charge in [0, 0.05) is 20.6 Å². The molecule has 19 heavy (non-hydrogen) atoms. The van der Waals surface area contributed by atoms with E-state index in [2.05, 4.69) is 31.7 Å². The number of rotatable bonds is 3. The zero-order valence-electron chi connectivity index (χ0n) is 11.0. The van der Waals surface area contributed by atoms with E-state index in [9.17, 15) is 0 Å². The third-order valence-electron chi connectivity index (χ3n) is 3.01. The Balaban J connectivity index is 2.09. The van der Waals surface area contributed by atoms with Crippen molar-refractivity contribution in [3.05, 3.63) is 48.5 Å². The molecule has 0 fully saturated rings. The Morgan fingerprint density at radius 2 is 1.84 bits per heavy atom. The minimum Gasteiger partial charge on any atom is -0.361 e. The van der Waals surface area contributed by atoms with Gasteiger partial charge in [-0.25, -0.2) is 15.0 Å². The number of anilines is 1. The van der Waals surface area contributed by atoms with Crippen LogP contribution in [0.25, 0.3) is 11.2 Å². The Morgan fingerprint density at radius 3 is 2.58 bits per heavy atom. The topological polar surface area (TPSA) is 46.8 Å². The van der Waals surface area contributed by atoms with Gasteiger partial charge in [0.25, 0.3) is 0 Å². The van der Waals surface area contributed by atoms with Gasteiger partial charge in [-0.15, -0.1) is 0 Å². The summed E-state index contributed by atoms with van der Waals surface area (Å²) in [6, 6.07) is 10.3. The quantitative estimate of drug-likeness (QED) is 0.715. The van der Waals surface area contributed by atoms with Crippen LogP contribution in [0.4, 0.5) is 5.82 Å². The van der Waals surface area contributed by atoms with Crippen LogP contribution in [0.5, 0.6) is 0 Å². The molecule has 0 spiro atoms. The van der Waals surface area contributed by atoms with E-state index < -0.39 is 0 Å². The third-order valence-corrected chi connectivity index (χ3v) is 3.01. The fraction of sp³-hybridized carbons (Fsp3) is 0.214. The first-order valence-corrected chi connectivity index (χ1v) is 6.13. The van der Waals surface area contributed by atoms with Crippen molar-refractivity contribution >= 4 is 17.0 Å². The number of fused-ring (bicyclic) bond motifs is 1. The maximum Gasteiger partial charge on any atom is 0.182 e. The lowest BCUT2D eigenvalue weighted by atomic mass is 10.2. The van der Waals surface area contributed by atoms with Gasteiger partial charge in [-0.2, -0.15) is 0 Å². The molecule has 0 aliphatic heterocycles. The zero-order valence-corrected chi connectivity index (χ0v) is 11.0. The van der Waals surface area contributed by atoms with Crippen molar-refractivity contribution in [3.63, 3.8) is 0 Å². The van der Waals surface area contributed by atoms with Crippen molar-refractivity contribution in [1.82, 2.24) is 19.5 Å². The summed E-state index contributed by atoms with van der Waals surface area (Å²) in [4.78, 5) is 14.9. The minimum atomic E-state index is 0.731. The second-order valence-corrected chi connectivity index (χ2v) is 4.62. The molecule has 0 N–H and O–H groups in total. The largest absolute Gasteiger partial charge is 0.361 e. The first kappa shape index (κ1) is 11.6. The predicted molar refractivity (Wildman–Crippen MR) is 75.2 cm³/mol. The Morgan fingerprint density at radius 1 is 1.05 bits per heavy atom. The van der Waals surface area contributed by atoms with Gasteiger partial charge in [0.1, 0.15) is 11.8 Å². The fourth-order valence-corrected chi connectivity index (χ4v) is 2.12. The number of benzene rings is 1. The molecule has 96 valence electrons. The summed E-state index contributed by atoms with van der Waals surface area (Å²) in [5.74, 6) is 0.887. The van der Waals surface area contributed by atoms with Crippen LogP contribution >= 0.6 is 0 Å². The van der Waals surface area contributed by atoms with E-state index in [-0.39, 0.29) is 0 Å². The lowest BCUT2D eigenvalue weighted by Gasteiger charge is -2.13. The van der Waals surface area contributed by atoms with Crippen molar-refractivity contribution in [1.29, 1.82) is 0 Å². The van der Waals surface area contributed by atoms with Crippen molar-refractivity contribution in [2.45, 2.75) is 6.54 Å². The molecule has 3 aromatic rings. The van der Waals surface area contributed by atoms with E-state index in [1.165, 1.54) is 5.56 Å². The van der Waals surface area contributed by atoms with Gasteiger partial charge in [0.15, 0.2) is 11.5 Å². The molecule has 5 heteroatoms. The summed E-state index contributed by atoms with van der Waals surface area (Å²) in [6.45, 7) is 0.769. The predicted octanol–water partition coefficient (Wildman–Crippen LogP) is 1.94. The number of aromatic nitrogens is 4. The monoisotopic (exact) mass is 253 g/mol. The number of hydrogen-bond acceptors (Lipinski definition) is 4. The molecule has 0 saturated carbocycles. The molecule has 0 bridgehead atoms. The van der Waals surface area contributed by atoms with Crippen LogP contribution < -0.4 is 4.90 Å². The molecular formula is C14H15N5. The van der Waals surface area contributed by atoms with Gasteiger partial charge in [0.2, 0.25) is 0 Å². The normalized spacial score (nSPS) is 10.8. The van der Waals surface area contributed by atoms with E-state index in [1.54, 1.807) is 6.33 Å². The first-order chi connectivity index (χ1) is 9.25. The SMILES string of the molecule is CN(C)c1ncnc2ncn(Cc3ccccc3)c12. The number of nitrogens with zero attached hydrogens (tertiary/aromatic N) is 5. The highest BCUT2D eigenvalue weighted by Crippen LogP contribution is 2.21. The van der Waals surface area contributed by atoms with E-state index in [4.69, 9.17) is 0 Å². The molecule has 1 aromatic carbocycles. The van der Waals surface area contributed by atoms with Crippen molar-refractivity contribution < 1.29 is 0 Å². The molecule has 5 nitrogen and oxygen atoms in total. The van der Waals surface area contributed by atoms with Gasteiger partial charge in [-0.3, -0.25) is 0 Å². The Kier molecular flexibility index (Phi) is 2.87. The van der Waals surface area contributed by atoms with E-state index in [1.807, 2.05) is 43.5 Å². The van der Waals surface area contributed by atoms with Gasteiger partial charge in [-0.05, 0) is 5.56 Å². The third kappa shape index (κ3) is 2.14. The molecule has 0 unspecified atom stereocenters. The molecule has 0 saturated heterocycles. The average Bonchev–Trinajstić information content (AvgIpc) is 2.83.